The molecule has 1 N–H and O–H groups in total. The second-order valence-electron chi connectivity index (χ2n) is 7.98. The fraction of sp³-hybridized carbons (Fsp3) is 0.435. The van der Waals surface area contributed by atoms with Gasteiger partial charge < -0.3 is 10.2 Å². The molecular weight excluding hydrogens is 391 g/mol. The molecule has 1 fully saturated rings. The maximum Gasteiger partial charge on any atom is 0.416 e. The Morgan fingerprint density at radius 2 is 1.63 bits per heavy atom. The smallest absolute Gasteiger partial charge is 0.369 e. The average molecular weight is 419 g/mol. The summed E-state index contributed by atoms with van der Waals surface area (Å²) in [7, 11) is 0. The molecule has 1 aliphatic rings. The van der Waals surface area contributed by atoms with Crippen LogP contribution in [0.5, 0.6) is 0 Å². The monoisotopic (exact) mass is 419 g/mol. The molecule has 4 nitrogen and oxygen atoms in total. The number of hydrogen-bond acceptors (Lipinski definition) is 3. The number of carbonyl (C=O) groups excluding carboxylic acids is 1. The van der Waals surface area contributed by atoms with Crippen molar-refractivity contribution in [2.24, 2.45) is 0 Å². The molecule has 0 radical (unpaired) electrons. The van der Waals surface area contributed by atoms with Crippen LogP contribution in [0.4, 0.5) is 24.5 Å². The maximum absolute atomic E-state index is 13.0. The van der Waals surface area contributed by atoms with Gasteiger partial charge in [0.2, 0.25) is 5.91 Å². The Balaban J connectivity index is 1.60. The molecule has 1 unspecified atom stereocenters. The van der Waals surface area contributed by atoms with Crippen LogP contribution in [-0.4, -0.2) is 43.0 Å². The van der Waals surface area contributed by atoms with E-state index in [9.17, 15) is 18.0 Å². The summed E-state index contributed by atoms with van der Waals surface area (Å²) in [6.45, 7) is 8.40. The van der Waals surface area contributed by atoms with Gasteiger partial charge in [0, 0.05) is 37.6 Å². The zero-order valence-electron chi connectivity index (χ0n) is 17.5. The summed E-state index contributed by atoms with van der Waals surface area (Å²) in [5, 5.41) is 3.04. The molecule has 2 aromatic rings. The van der Waals surface area contributed by atoms with Gasteiger partial charge in [-0.25, -0.2) is 0 Å². The molecule has 0 bridgehead atoms. The van der Waals surface area contributed by atoms with Crippen molar-refractivity contribution in [1.82, 2.24) is 4.90 Å². The number of alkyl halides is 3. The lowest BCUT2D eigenvalue weighted by molar-refractivity contribution is -0.137. The first-order chi connectivity index (χ1) is 14.2. The molecule has 7 heteroatoms. The molecule has 1 amide bonds. The quantitative estimate of drug-likeness (QED) is 0.743. The van der Waals surface area contributed by atoms with Gasteiger partial charge in [0.05, 0.1) is 11.6 Å². The molecule has 0 aromatic heterocycles. The van der Waals surface area contributed by atoms with Gasteiger partial charge in [0.15, 0.2) is 0 Å². The molecule has 0 spiro atoms. The molecule has 1 aliphatic heterocycles. The zero-order chi connectivity index (χ0) is 21.9. The van der Waals surface area contributed by atoms with Gasteiger partial charge in [-0.05, 0) is 42.7 Å². The number of rotatable bonds is 5. The van der Waals surface area contributed by atoms with Crippen molar-refractivity contribution in [3.8, 4) is 0 Å². The molecule has 1 atom stereocenters. The van der Waals surface area contributed by atoms with E-state index in [4.69, 9.17) is 0 Å². The number of amides is 1. The molecule has 3 rings (SSSR count). The summed E-state index contributed by atoms with van der Waals surface area (Å²) in [6, 6.07) is 12.9. The van der Waals surface area contributed by atoms with Crippen molar-refractivity contribution in [3.05, 3.63) is 59.7 Å². The van der Waals surface area contributed by atoms with Crippen LogP contribution in [0.1, 0.15) is 37.8 Å². The number of piperazine rings is 1. The first-order valence-corrected chi connectivity index (χ1v) is 10.2. The van der Waals surface area contributed by atoms with Crippen molar-refractivity contribution < 1.29 is 18.0 Å². The van der Waals surface area contributed by atoms with E-state index < -0.39 is 11.7 Å². The number of hydrogen-bond donors (Lipinski definition) is 1. The second kappa shape index (κ2) is 9.08. The van der Waals surface area contributed by atoms with Gasteiger partial charge in [-0.15, -0.1) is 0 Å². The highest BCUT2D eigenvalue weighted by molar-refractivity contribution is 5.95. The molecule has 2 aromatic carbocycles. The fourth-order valence-corrected chi connectivity index (χ4v) is 3.76. The molecule has 162 valence electrons. The van der Waals surface area contributed by atoms with Crippen LogP contribution in [-0.2, 0) is 11.0 Å². The third-order valence-corrected chi connectivity index (χ3v) is 5.62. The minimum atomic E-state index is -4.35. The lowest BCUT2D eigenvalue weighted by atomic mass is 10.0. The standard InChI is InChI=1S/C23H28F3N3O/c1-16(2)20-9-4-5-10-21(20)27-22(30)17(3)28-11-13-29(14-12-28)19-8-6-7-18(15-19)23(24,25)26/h4-10,15-17H,11-14H2,1-3H3,(H,27,30). The Labute approximate surface area is 175 Å². The van der Waals surface area contributed by atoms with Gasteiger partial charge in [0.1, 0.15) is 0 Å². The third kappa shape index (κ3) is 5.14. The second-order valence-corrected chi connectivity index (χ2v) is 7.98. The molecule has 1 heterocycles. The Kier molecular flexibility index (Phi) is 6.71. The average Bonchev–Trinajstić information content (AvgIpc) is 2.73. The normalized spacial score (nSPS) is 16.6. The van der Waals surface area contributed by atoms with Gasteiger partial charge in [-0.2, -0.15) is 13.2 Å². The van der Waals surface area contributed by atoms with Crippen molar-refractivity contribution in [1.29, 1.82) is 0 Å². The molecule has 0 saturated carbocycles. The Morgan fingerprint density at radius 1 is 0.967 bits per heavy atom. The first kappa shape index (κ1) is 22.2. The lowest BCUT2D eigenvalue weighted by Gasteiger charge is -2.38. The zero-order valence-corrected chi connectivity index (χ0v) is 17.5. The number of nitrogens with one attached hydrogen (secondary N) is 1. The van der Waals surface area contributed by atoms with E-state index in [-0.39, 0.29) is 11.9 Å². The van der Waals surface area contributed by atoms with E-state index in [1.165, 1.54) is 12.1 Å². The number of benzene rings is 2. The third-order valence-electron chi connectivity index (χ3n) is 5.62. The van der Waals surface area contributed by atoms with E-state index >= 15 is 0 Å². The van der Waals surface area contributed by atoms with Crippen molar-refractivity contribution in [2.45, 2.75) is 38.9 Å². The van der Waals surface area contributed by atoms with E-state index in [2.05, 4.69) is 24.1 Å². The van der Waals surface area contributed by atoms with Crippen LogP contribution in [0.3, 0.4) is 0 Å². The summed E-state index contributed by atoms with van der Waals surface area (Å²) >= 11 is 0. The highest BCUT2D eigenvalue weighted by Crippen LogP contribution is 2.32. The fourth-order valence-electron chi connectivity index (χ4n) is 3.76. The van der Waals surface area contributed by atoms with Crippen molar-refractivity contribution >= 4 is 17.3 Å². The summed E-state index contributed by atoms with van der Waals surface area (Å²) in [5.74, 6) is 0.225. The highest BCUT2D eigenvalue weighted by Gasteiger charge is 2.31. The molecule has 0 aliphatic carbocycles. The maximum atomic E-state index is 13.0. The van der Waals surface area contributed by atoms with E-state index in [1.807, 2.05) is 36.1 Å². The van der Waals surface area contributed by atoms with Crippen LogP contribution >= 0.6 is 0 Å². The van der Waals surface area contributed by atoms with Crippen LogP contribution in [0.25, 0.3) is 0 Å². The van der Waals surface area contributed by atoms with Crippen molar-refractivity contribution in [3.63, 3.8) is 0 Å². The van der Waals surface area contributed by atoms with Crippen molar-refractivity contribution in [2.75, 3.05) is 36.4 Å². The topological polar surface area (TPSA) is 35.6 Å². The van der Waals surface area contributed by atoms with Crippen LogP contribution < -0.4 is 10.2 Å². The number of halogens is 3. The number of anilines is 2. The predicted molar refractivity (Wildman–Crippen MR) is 114 cm³/mol. The minimum Gasteiger partial charge on any atom is -0.369 e. The summed E-state index contributed by atoms with van der Waals surface area (Å²) in [6.07, 6.45) is -4.35. The summed E-state index contributed by atoms with van der Waals surface area (Å²) < 4.78 is 38.9. The summed E-state index contributed by atoms with van der Waals surface area (Å²) in [4.78, 5) is 16.8. The van der Waals surface area contributed by atoms with Gasteiger partial charge >= 0.3 is 6.18 Å². The lowest BCUT2D eigenvalue weighted by Crippen LogP contribution is -2.52. The van der Waals surface area contributed by atoms with Gasteiger partial charge in [0.25, 0.3) is 0 Å². The number of para-hydroxylation sites is 1. The number of nitrogens with zero attached hydrogens (tertiary/aromatic N) is 2. The van der Waals surface area contributed by atoms with E-state index in [0.717, 1.165) is 17.3 Å². The minimum absolute atomic E-state index is 0.0735. The number of carbonyl (C=O) groups is 1. The van der Waals surface area contributed by atoms with Crippen LogP contribution in [0, 0.1) is 0 Å². The first-order valence-electron chi connectivity index (χ1n) is 10.2. The van der Waals surface area contributed by atoms with Gasteiger partial charge in [-0.3, -0.25) is 9.69 Å². The van der Waals surface area contributed by atoms with E-state index in [1.54, 1.807) is 6.07 Å². The van der Waals surface area contributed by atoms with Crippen LogP contribution in [0.15, 0.2) is 48.5 Å². The molecule has 30 heavy (non-hydrogen) atoms. The van der Waals surface area contributed by atoms with Gasteiger partial charge in [-0.1, -0.05) is 38.1 Å². The Bertz CT molecular complexity index is 874. The predicted octanol–water partition coefficient (Wildman–Crippen LogP) is 4.98. The Hall–Kier alpha value is -2.54. The van der Waals surface area contributed by atoms with E-state index in [0.29, 0.717) is 37.8 Å². The summed E-state index contributed by atoms with van der Waals surface area (Å²) in [5.41, 5.74) is 1.84. The molecular formula is C23H28F3N3O. The van der Waals surface area contributed by atoms with Crippen LogP contribution in [0.2, 0.25) is 0 Å². The Morgan fingerprint density at radius 3 is 2.27 bits per heavy atom. The highest BCUT2D eigenvalue weighted by atomic mass is 19.4. The molecule has 1 saturated heterocycles. The SMILES string of the molecule is CC(C)c1ccccc1NC(=O)C(C)N1CCN(c2cccc(C(F)(F)F)c2)CC1. The largest absolute Gasteiger partial charge is 0.416 e.